The van der Waals surface area contributed by atoms with Crippen LogP contribution in [-0.2, 0) is 14.3 Å². The van der Waals surface area contributed by atoms with Crippen molar-refractivity contribution in [3.05, 3.63) is 35.9 Å². The maximum absolute atomic E-state index is 11.2. The van der Waals surface area contributed by atoms with Crippen molar-refractivity contribution >= 4 is 23.6 Å². The molecular formula is C12H14N2O3. The predicted molar refractivity (Wildman–Crippen MR) is 65.2 cm³/mol. The molecule has 0 aliphatic heterocycles. The molecule has 0 radical (unpaired) electrons. The maximum atomic E-state index is 11.2. The second-order valence-corrected chi connectivity index (χ2v) is 3.20. The molecule has 0 saturated carbocycles. The number of ether oxygens (including phenoxy) is 1. The van der Waals surface area contributed by atoms with Crippen LogP contribution in [-0.4, -0.2) is 25.5 Å². The zero-order chi connectivity index (χ0) is 12.7. The van der Waals surface area contributed by atoms with Crippen LogP contribution < -0.4 is 11.1 Å². The van der Waals surface area contributed by atoms with Gasteiger partial charge in [-0.1, -0.05) is 18.2 Å². The molecule has 5 heteroatoms. The summed E-state index contributed by atoms with van der Waals surface area (Å²) in [5.41, 5.74) is 6.52. The van der Waals surface area contributed by atoms with Crippen molar-refractivity contribution in [3.8, 4) is 0 Å². The van der Waals surface area contributed by atoms with E-state index in [0.717, 1.165) is 0 Å². The zero-order valence-corrected chi connectivity index (χ0v) is 9.47. The van der Waals surface area contributed by atoms with Gasteiger partial charge in [-0.2, -0.15) is 0 Å². The van der Waals surface area contributed by atoms with Gasteiger partial charge in [0, 0.05) is 11.8 Å². The second-order valence-electron chi connectivity index (χ2n) is 3.20. The van der Waals surface area contributed by atoms with Gasteiger partial charge in [0.15, 0.2) is 0 Å². The lowest BCUT2D eigenvalue weighted by Gasteiger charge is -2.06. The van der Waals surface area contributed by atoms with Crippen LogP contribution in [0.5, 0.6) is 0 Å². The summed E-state index contributed by atoms with van der Waals surface area (Å²) in [5, 5.41) is 2.63. The highest BCUT2D eigenvalue weighted by Gasteiger charge is 2.03. The lowest BCUT2D eigenvalue weighted by Crippen LogP contribution is -2.22. The number of amides is 1. The van der Waals surface area contributed by atoms with Gasteiger partial charge in [0.25, 0.3) is 0 Å². The van der Waals surface area contributed by atoms with Gasteiger partial charge < -0.3 is 15.8 Å². The summed E-state index contributed by atoms with van der Waals surface area (Å²) in [7, 11) is 1.30. The molecule has 1 amide bonds. The Morgan fingerprint density at radius 1 is 1.41 bits per heavy atom. The number of rotatable bonds is 4. The van der Waals surface area contributed by atoms with Crippen LogP contribution >= 0.6 is 0 Å². The normalized spacial score (nSPS) is 10.2. The lowest BCUT2D eigenvalue weighted by molar-refractivity contribution is -0.134. The van der Waals surface area contributed by atoms with E-state index in [2.05, 4.69) is 10.1 Å². The van der Waals surface area contributed by atoms with E-state index in [-0.39, 0.29) is 12.5 Å². The summed E-state index contributed by atoms with van der Waals surface area (Å²) >= 11 is 0. The van der Waals surface area contributed by atoms with E-state index < -0.39 is 5.97 Å². The van der Waals surface area contributed by atoms with Crippen molar-refractivity contribution in [1.29, 1.82) is 0 Å². The Kier molecular flexibility index (Phi) is 4.90. The molecule has 17 heavy (non-hydrogen) atoms. The molecule has 1 rings (SSSR count). The molecule has 3 N–H and O–H groups in total. The number of hydrogen-bond donors (Lipinski definition) is 2. The highest BCUT2D eigenvalue weighted by molar-refractivity contribution is 5.95. The fourth-order valence-corrected chi connectivity index (χ4v) is 1.18. The standard InChI is InChI=1S/C12H14N2O3/c1-17-12(16)7-6-9-4-2-3-5-10(9)14-11(15)8-13/h2-7H,8,13H2,1H3,(H,14,15). The number of carbonyl (C=O) groups is 2. The van der Waals surface area contributed by atoms with E-state index in [1.165, 1.54) is 13.2 Å². The van der Waals surface area contributed by atoms with Crippen LogP contribution in [0.1, 0.15) is 5.56 Å². The van der Waals surface area contributed by atoms with Gasteiger partial charge >= 0.3 is 5.97 Å². The number of carbonyl (C=O) groups excluding carboxylic acids is 2. The molecule has 0 heterocycles. The number of hydrogen-bond acceptors (Lipinski definition) is 4. The minimum Gasteiger partial charge on any atom is -0.466 e. The predicted octanol–water partition coefficient (Wildman–Crippen LogP) is 0.770. The van der Waals surface area contributed by atoms with Gasteiger partial charge in [0.1, 0.15) is 0 Å². The van der Waals surface area contributed by atoms with Crippen LogP contribution in [0.15, 0.2) is 30.3 Å². The van der Waals surface area contributed by atoms with E-state index in [9.17, 15) is 9.59 Å². The highest BCUT2D eigenvalue weighted by atomic mass is 16.5. The van der Waals surface area contributed by atoms with E-state index in [0.29, 0.717) is 11.3 Å². The average molecular weight is 234 g/mol. The number of para-hydroxylation sites is 1. The van der Waals surface area contributed by atoms with Crippen LogP contribution in [0.4, 0.5) is 5.69 Å². The van der Waals surface area contributed by atoms with Crippen molar-refractivity contribution < 1.29 is 14.3 Å². The van der Waals surface area contributed by atoms with E-state index in [1.54, 1.807) is 30.3 Å². The number of anilines is 1. The van der Waals surface area contributed by atoms with E-state index >= 15 is 0 Å². The van der Waals surface area contributed by atoms with Gasteiger partial charge in [0.2, 0.25) is 5.91 Å². The molecule has 0 unspecified atom stereocenters. The first-order chi connectivity index (χ1) is 8.17. The van der Waals surface area contributed by atoms with Crippen LogP contribution in [0.3, 0.4) is 0 Å². The molecule has 0 bridgehead atoms. The van der Waals surface area contributed by atoms with E-state index in [1.807, 2.05) is 0 Å². The quantitative estimate of drug-likeness (QED) is 0.595. The molecule has 0 aromatic heterocycles. The summed E-state index contributed by atoms with van der Waals surface area (Å²) in [5.74, 6) is -0.742. The Morgan fingerprint density at radius 3 is 2.76 bits per heavy atom. The van der Waals surface area contributed by atoms with Crippen LogP contribution in [0, 0.1) is 0 Å². The second kappa shape index (κ2) is 6.44. The Bertz CT molecular complexity index is 441. The molecular weight excluding hydrogens is 220 g/mol. The monoisotopic (exact) mass is 234 g/mol. The number of nitrogens with one attached hydrogen (secondary N) is 1. The Morgan fingerprint density at radius 2 is 2.12 bits per heavy atom. The lowest BCUT2D eigenvalue weighted by atomic mass is 10.1. The van der Waals surface area contributed by atoms with Crippen molar-refractivity contribution in [1.82, 2.24) is 0 Å². The number of esters is 1. The van der Waals surface area contributed by atoms with Gasteiger partial charge in [-0.15, -0.1) is 0 Å². The van der Waals surface area contributed by atoms with E-state index in [4.69, 9.17) is 5.73 Å². The third kappa shape index (κ3) is 4.08. The van der Waals surface area contributed by atoms with Crippen LogP contribution in [0.25, 0.3) is 6.08 Å². The molecule has 1 aromatic carbocycles. The Hall–Kier alpha value is -2.14. The summed E-state index contributed by atoms with van der Waals surface area (Å²) in [4.78, 5) is 22.1. The number of benzene rings is 1. The first-order valence-corrected chi connectivity index (χ1v) is 5.02. The molecule has 0 spiro atoms. The van der Waals surface area contributed by atoms with Crippen molar-refractivity contribution in [2.24, 2.45) is 5.73 Å². The largest absolute Gasteiger partial charge is 0.466 e. The zero-order valence-electron chi connectivity index (χ0n) is 9.47. The summed E-state index contributed by atoms with van der Waals surface area (Å²) < 4.78 is 4.48. The highest BCUT2D eigenvalue weighted by Crippen LogP contribution is 2.16. The van der Waals surface area contributed by atoms with Crippen LogP contribution in [0.2, 0.25) is 0 Å². The minimum atomic E-state index is -0.454. The van der Waals surface area contributed by atoms with Gasteiger partial charge in [-0.3, -0.25) is 4.79 Å². The Labute approximate surface area is 99.3 Å². The summed E-state index contributed by atoms with van der Waals surface area (Å²) in [6.45, 7) is -0.0882. The smallest absolute Gasteiger partial charge is 0.330 e. The molecule has 1 aromatic rings. The Balaban J connectivity index is 2.88. The first kappa shape index (κ1) is 12.9. The molecule has 0 fully saturated rings. The molecule has 0 aliphatic carbocycles. The molecule has 5 nitrogen and oxygen atoms in total. The maximum Gasteiger partial charge on any atom is 0.330 e. The fraction of sp³-hybridized carbons (Fsp3) is 0.167. The SMILES string of the molecule is COC(=O)C=Cc1ccccc1NC(=O)CN. The minimum absolute atomic E-state index is 0.0882. The third-order valence-corrected chi connectivity index (χ3v) is 2.02. The molecule has 0 aliphatic rings. The summed E-state index contributed by atoms with van der Waals surface area (Å²) in [6.07, 6.45) is 2.85. The van der Waals surface area contributed by atoms with Crippen molar-refractivity contribution in [3.63, 3.8) is 0 Å². The average Bonchev–Trinajstić information content (AvgIpc) is 2.37. The van der Waals surface area contributed by atoms with Gasteiger partial charge in [0.05, 0.1) is 13.7 Å². The van der Waals surface area contributed by atoms with Crippen molar-refractivity contribution in [2.45, 2.75) is 0 Å². The number of nitrogens with two attached hydrogens (primary N) is 1. The van der Waals surface area contributed by atoms with Gasteiger partial charge in [-0.25, -0.2) is 4.79 Å². The fourth-order valence-electron chi connectivity index (χ4n) is 1.18. The molecule has 0 atom stereocenters. The van der Waals surface area contributed by atoms with Gasteiger partial charge in [-0.05, 0) is 17.7 Å². The molecule has 0 saturated heterocycles. The molecule has 90 valence electrons. The summed E-state index contributed by atoms with van der Waals surface area (Å²) in [6, 6.07) is 7.08. The first-order valence-electron chi connectivity index (χ1n) is 5.02. The topological polar surface area (TPSA) is 81.4 Å². The van der Waals surface area contributed by atoms with Crippen molar-refractivity contribution in [2.75, 3.05) is 19.0 Å². The number of methoxy groups -OCH3 is 1. The third-order valence-electron chi connectivity index (χ3n) is 2.02.